The summed E-state index contributed by atoms with van der Waals surface area (Å²) in [5.41, 5.74) is 0.246. The average molecular weight is 299 g/mol. The van der Waals surface area contributed by atoms with Gasteiger partial charge in [-0.1, -0.05) is 39.0 Å². The van der Waals surface area contributed by atoms with E-state index in [0.29, 0.717) is 31.2 Å². The molecular weight excluding hydrogens is 274 g/mol. The summed E-state index contributed by atoms with van der Waals surface area (Å²) in [7, 11) is 0. The first-order chi connectivity index (χ1) is 10.5. The van der Waals surface area contributed by atoms with Gasteiger partial charge in [-0.3, -0.25) is 4.79 Å². The van der Waals surface area contributed by atoms with Crippen LogP contribution in [0.3, 0.4) is 0 Å². The molecule has 0 bridgehead atoms. The zero-order valence-corrected chi connectivity index (χ0v) is 13.6. The molecule has 1 fully saturated rings. The third-order valence-electron chi connectivity index (χ3n) is 4.46. The van der Waals surface area contributed by atoms with Crippen molar-refractivity contribution >= 4 is 11.6 Å². The third kappa shape index (κ3) is 3.59. The number of nitrogens with zero attached hydrogens (tertiary/aromatic N) is 1. The largest absolute Gasteiger partial charge is 0.380 e. The zero-order chi connectivity index (χ0) is 16.2. The fraction of sp³-hybridized carbons (Fsp3) is 0.556. The molecule has 2 N–H and O–H groups in total. The van der Waals surface area contributed by atoms with Crippen molar-refractivity contribution in [1.82, 2.24) is 5.32 Å². The van der Waals surface area contributed by atoms with Gasteiger partial charge in [-0.2, -0.15) is 5.26 Å². The molecule has 1 aliphatic carbocycles. The Kier molecular flexibility index (Phi) is 5.07. The number of rotatable bonds is 6. The summed E-state index contributed by atoms with van der Waals surface area (Å²) in [6, 6.07) is 12.3. The molecule has 4 nitrogen and oxygen atoms in total. The number of nitrogens with one attached hydrogen (secondary N) is 2. The summed E-state index contributed by atoms with van der Waals surface area (Å²) in [5, 5.41) is 15.7. The summed E-state index contributed by atoms with van der Waals surface area (Å²) in [5.74, 6) is 0.723. The van der Waals surface area contributed by atoms with Gasteiger partial charge in [0, 0.05) is 18.3 Å². The second-order valence-electron chi connectivity index (χ2n) is 6.78. The van der Waals surface area contributed by atoms with E-state index in [0.717, 1.165) is 5.69 Å². The first-order valence-corrected chi connectivity index (χ1v) is 7.98. The number of para-hydroxylation sites is 1. The van der Waals surface area contributed by atoms with Crippen LogP contribution in [-0.2, 0) is 4.79 Å². The van der Waals surface area contributed by atoms with E-state index in [9.17, 15) is 10.1 Å². The van der Waals surface area contributed by atoms with Gasteiger partial charge in [-0.05, 0) is 36.8 Å². The standard InChI is InChI=1S/C18H25N3O/c1-13(2)16(21-15-7-5-4-6-8-15)11-20-17(22)18(12-19)9-14(3)10-18/h4-8,13-14,16,21H,9-11H2,1-3H3,(H,20,22)/t14?,16-,18?/m1/s1. The van der Waals surface area contributed by atoms with E-state index in [1.807, 2.05) is 30.3 Å². The van der Waals surface area contributed by atoms with Crippen molar-refractivity contribution < 1.29 is 4.79 Å². The number of benzene rings is 1. The van der Waals surface area contributed by atoms with Gasteiger partial charge in [-0.25, -0.2) is 0 Å². The molecule has 118 valence electrons. The van der Waals surface area contributed by atoms with Gasteiger partial charge in [0.2, 0.25) is 5.91 Å². The Balaban J connectivity index is 1.92. The number of amides is 1. The lowest BCUT2D eigenvalue weighted by atomic mass is 9.63. The average Bonchev–Trinajstić information content (AvgIpc) is 2.48. The lowest BCUT2D eigenvalue weighted by Crippen LogP contribution is -2.51. The van der Waals surface area contributed by atoms with Crippen LogP contribution in [0.1, 0.15) is 33.6 Å². The maximum Gasteiger partial charge on any atom is 0.240 e. The van der Waals surface area contributed by atoms with Crippen LogP contribution in [0, 0.1) is 28.6 Å². The van der Waals surface area contributed by atoms with Crippen molar-refractivity contribution in [1.29, 1.82) is 5.26 Å². The predicted octanol–water partition coefficient (Wildman–Crippen LogP) is 3.18. The number of hydrogen-bond acceptors (Lipinski definition) is 3. The monoisotopic (exact) mass is 299 g/mol. The lowest BCUT2D eigenvalue weighted by Gasteiger charge is -2.39. The molecule has 1 aromatic carbocycles. The van der Waals surface area contributed by atoms with E-state index < -0.39 is 5.41 Å². The van der Waals surface area contributed by atoms with Crippen LogP contribution in [0.15, 0.2) is 30.3 Å². The third-order valence-corrected chi connectivity index (χ3v) is 4.46. The van der Waals surface area contributed by atoms with Crippen molar-refractivity contribution in [3.8, 4) is 6.07 Å². The molecule has 2 rings (SSSR count). The Bertz CT molecular complexity index is 541. The first kappa shape index (κ1) is 16.4. The zero-order valence-electron chi connectivity index (χ0n) is 13.6. The van der Waals surface area contributed by atoms with Crippen molar-refractivity contribution in [2.45, 2.75) is 39.7 Å². The van der Waals surface area contributed by atoms with E-state index in [1.165, 1.54) is 0 Å². The lowest BCUT2D eigenvalue weighted by molar-refractivity contribution is -0.134. The van der Waals surface area contributed by atoms with Crippen molar-refractivity contribution in [3.63, 3.8) is 0 Å². The topological polar surface area (TPSA) is 64.9 Å². The molecule has 0 heterocycles. The van der Waals surface area contributed by atoms with Gasteiger partial charge in [0.25, 0.3) is 0 Å². The fourth-order valence-electron chi connectivity index (χ4n) is 3.03. The number of hydrogen-bond donors (Lipinski definition) is 2. The second-order valence-corrected chi connectivity index (χ2v) is 6.78. The molecule has 0 spiro atoms. The highest BCUT2D eigenvalue weighted by atomic mass is 16.2. The maximum absolute atomic E-state index is 12.3. The molecule has 1 aromatic rings. The molecule has 0 unspecified atom stereocenters. The smallest absolute Gasteiger partial charge is 0.240 e. The first-order valence-electron chi connectivity index (χ1n) is 7.98. The molecule has 1 saturated carbocycles. The molecule has 0 radical (unpaired) electrons. The van der Waals surface area contributed by atoms with Gasteiger partial charge in [0.15, 0.2) is 0 Å². The molecule has 22 heavy (non-hydrogen) atoms. The van der Waals surface area contributed by atoms with E-state index in [2.05, 4.69) is 37.5 Å². The summed E-state index contributed by atoms with van der Waals surface area (Å²) in [6.07, 6.45) is 1.35. The maximum atomic E-state index is 12.3. The van der Waals surface area contributed by atoms with Crippen LogP contribution >= 0.6 is 0 Å². The molecule has 0 aliphatic heterocycles. The highest BCUT2D eigenvalue weighted by molar-refractivity contribution is 5.86. The summed E-state index contributed by atoms with van der Waals surface area (Å²) >= 11 is 0. The highest BCUT2D eigenvalue weighted by Gasteiger charge is 2.48. The minimum Gasteiger partial charge on any atom is -0.380 e. The van der Waals surface area contributed by atoms with Gasteiger partial charge < -0.3 is 10.6 Å². The molecule has 0 saturated heterocycles. The summed E-state index contributed by atoms with van der Waals surface area (Å²) < 4.78 is 0. The van der Waals surface area contributed by atoms with Crippen molar-refractivity contribution in [2.24, 2.45) is 17.3 Å². The number of carbonyl (C=O) groups is 1. The van der Waals surface area contributed by atoms with Crippen LogP contribution in [0.2, 0.25) is 0 Å². The van der Waals surface area contributed by atoms with Gasteiger partial charge in [0.1, 0.15) is 5.41 Å². The minimum atomic E-state index is -0.798. The molecule has 1 amide bonds. The van der Waals surface area contributed by atoms with Crippen LogP contribution in [0.5, 0.6) is 0 Å². The van der Waals surface area contributed by atoms with Crippen LogP contribution in [0.25, 0.3) is 0 Å². The Morgan fingerprint density at radius 3 is 2.50 bits per heavy atom. The Morgan fingerprint density at radius 2 is 2.00 bits per heavy atom. The van der Waals surface area contributed by atoms with E-state index in [4.69, 9.17) is 0 Å². The van der Waals surface area contributed by atoms with E-state index in [-0.39, 0.29) is 11.9 Å². The second kappa shape index (κ2) is 6.83. The Labute approximate surface area is 132 Å². The number of anilines is 1. The quantitative estimate of drug-likeness (QED) is 0.848. The summed E-state index contributed by atoms with van der Waals surface area (Å²) in [4.78, 5) is 12.3. The van der Waals surface area contributed by atoms with Gasteiger partial charge >= 0.3 is 0 Å². The van der Waals surface area contributed by atoms with Gasteiger partial charge in [0.05, 0.1) is 6.07 Å². The fourth-order valence-corrected chi connectivity index (χ4v) is 3.03. The molecule has 4 heteroatoms. The van der Waals surface area contributed by atoms with Crippen LogP contribution in [0.4, 0.5) is 5.69 Å². The molecule has 1 atom stereocenters. The van der Waals surface area contributed by atoms with E-state index in [1.54, 1.807) is 0 Å². The highest BCUT2D eigenvalue weighted by Crippen LogP contribution is 2.45. The number of nitriles is 1. The van der Waals surface area contributed by atoms with Crippen LogP contribution in [-0.4, -0.2) is 18.5 Å². The van der Waals surface area contributed by atoms with Crippen LogP contribution < -0.4 is 10.6 Å². The number of carbonyl (C=O) groups excluding carboxylic acids is 1. The van der Waals surface area contributed by atoms with Gasteiger partial charge in [-0.15, -0.1) is 0 Å². The van der Waals surface area contributed by atoms with E-state index >= 15 is 0 Å². The SMILES string of the molecule is CC1CC(C#N)(C(=O)NC[C@@H](Nc2ccccc2)C(C)C)C1. The summed E-state index contributed by atoms with van der Waals surface area (Å²) in [6.45, 7) is 6.86. The normalized spacial score (nSPS) is 25.0. The predicted molar refractivity (Wildman–Crippen MR) is 88.1 cm³/mol. The Morgan fingerprint density at radius 1 is 1.36 bits per heavy atom. The van der Waals surface area contributed by atoms with Crippen molar-refractivity contribution in [2.75, 3.05) is 11.9 Å². The minimum absolute atomic E-state index is 0.117. The molecule has 1 aliphatic rings. The molecule has 0 aromatic heterocycles. The van der Waals surface area contributed by atoms with Crippen molar-refractivity contribution in [3.05, 3.63) is 30.3 Å². The molecular formula is C18H25N3O. The Hall–Kier alpha value is -2.02.